The number of hydrogen-bond donors (Lipinski definition) is 1. The molecule has 0 radical (unpaired) electrons. The van der Waals surface area contributed by atoms with Gasteiger partial charge in [-0.1, -0.05) is 31.0 Å². The van der Waals surface area contributed by atoms with Crippen LogP contribution in [0.1, 0.15) is 31.5 Å². The number of aryl methyl sites for hydroxylation is 1. The van der Waals surface area contributed by atoms with Gasteiger partial charge >= 0.3 is 0 Å². The van der Waals surface area contributed by atoms with Crippen molar-refractivity contribution in [2.75, 3.05) is 6.54 Å². The Morgan fingerprint density at radius 3 is 2.73 bits per heavy atom. The third-order valence-electron chi connectivity index (χ3n) is 5.08. The number of carbonyl (C=O) groups is 1. The smallest absolute Gasteiger partial charge is 0.261 e. The van der Waals surface area contributed by atoms with Crippen LogP contribution >= 0.6 is 0 Å². The number of rotatable bonds is 9. The summed E-state index contributed by atoms with van der Waals surface area (Å²) in [7, 11) is 0. The summed E-state index contributed by atoms with van der Waals surface area (Å²) in [5, 5.41) is 11.8. The summed E-state index contributed by atoms with van der Waals surface area (Å²) in [6, 6.07) is 13.0. The Morgan fingerprint density at radius 2 is 1.80 bits per heavy atom. The van der Waals surface area contributed by atoms with E-state index in [1.807, 2.05) is 34.9 Å². The van der Waals surface area contributed by atoms with Crippen LogP contribution < -0.4 is 10.9 Å². The van der Waals surface area contributed by atoms with Crippen molar-refractivity contribution in [3.8, 4) is 0 Å². The molecule has 0 unspecified atom stereocenters. The highest BCUT2D eigenvalue weighted by atomic mass is 16.2. The highest BCUT2D eigenvalue weighted by Gasteiger charge is 2.08. The van der Waals surface area contributed by atoms with E-state index in [2.05, 4.69) is 20.5 Å². The number of amides is 1. The number of aromatic nitrogens is 5. The summed E-state index contributed by atoms with van der Waals surface area (Å²) in [5.74, 6) is 0.803. The molecule has 8 heteroatoms. The van der Waals surface area contributed by atoms with Crippen LogP contribution in [0.4, 0.5) is 0 Å². The quantitative estimate of drug-likeness (QED) is 0.432. The Kier molecular flexibility index (Phi) is 6.12. The normalized spacial score (nSPS) is 11.2. The van der Waals surface area contributed by atoms with Crippen LogP contribution in [-0.4, -0.2) is 36.6 Å². The van der Waals surface area contributed by atoms with E-state index in [-0.39, 0.29) is 18.0 Å². The number of nitrogens with one attached hydrogen (secondary N) is 1. The zero-order chi connectivity index (χ0) is 20.8. The van der Waals surface area contributed by atoms with E-state index in [9.17, 15) is 9.59 Å². The molecule has 8 nitrogen and oxygen atoms in total. The third kappa shape index (κ3) is 4.53. The number of benzene rings is 1. The fourth-order valence-corrected chi connectivity index (χ4v) is 3.48. The summed E-state index contributed by atoms with van der Waals surface area (Å²) in [6.45, 7) is 0.582. The highest BCUT2D eigenvalue weighted by Crippen LogP contribution is 2.08. The van der Waals surface area contributed by atoms with Crippen molar-refractivity contribution in [2.45, 2.75) is 38.6 Å². The van der Waals surface area contributed by atoms with E-state index in [0.29, 0.717) is 17.4 Å². The second-order valence-corrected chi connectivity index (χ2v) is 7.25. The number of carbonyl (C=O) groups excluding carboxylic acids is 1. The number of unbranched alkanes of at least 4 members (excludes halogenated alkanes) is 3. The Hall–Kier alpha value is -3.55. The minimum absolute atomic E-state index is 0.0172. The van der Waals surface area contributed by atoms with E-state index in [1.54, 1.807) is 18.2 Å². The van der Waals surface area contributed by atoms with E-state index in [0.717, 1.165) is 43.6 Å². The van der Waals surface area contributed by atoms with Crippen molar-refractivity contribution in [3.05, 3.63) is 71.2 Å². The lowest BCUT2D eigenvalue weighted by molar-refractivity contribution is -0.121. The van der Waals surface area contributed by atoms with Gasteiger partial charge in [-0.3, -0.25) is 18.6 Å². The molecule has 1 amide bonds. The van der Waals surface area contributed by atoms with E-state index in [1.165, 1.54) is 10.9 Å². The van der Waals surface area contributed by atoms with Crippen LogP contribution in [0.25, 0.3) is 16.6 Å². The van der Waals surface area contributed by atoms with Gasteiger partial charge in [0.1, 0.15) is 12.4 Å². The Balaban J connectivity index is 1.16. The molecule has 30 heavy (non-hydrogen) atoms. The second kappa shape index (κ2) is 9.30. The predicted octanol–water partition coefficient (Wildman–Crippen LogP) is 2.36. The van der Waals surface area contributed by atoms with Gasteiger partial charge in [0, 0.05) is 19.2 Å². The average molecular weight is 404 g/mol. The fraction of sp³-hybridized carbons (Fsp3) is 0.318. The van der Waals surface area contributed by atoms with Gasteiger partial charge in [-0.2, -0.15) is 0 Å². The first-order valence-electron chi connectivity index (χ1n) is 10.2. The molecule has 1 N–H and O–H groups in total. The molecule has 3 aromatic heterocycles. The molecule has 0 aliphatic carbocycles. The molecule has 0 spiro atoms. The molecule has 0 atom stereocenters. The monoisotopic (exact) mass is 404 g/mol. The largest absolute Gasteiger partial charge is 0.355 e. The van der Waals surface area contributed by atoms with E-state index >= 15 is 0 Å². The van der Waals surface area contributed by atoms with Gasteiger partial charge in [0.05, 0.1) is 17.2 Å². The van der Waals surface area contributed by atoms with Gasteiger partial charge in [0.15, 0.2) is 5.65 Å². The summed E-state index contributed by atoms with van der Waals surface area (Å²) < 4.78 is 3.37. The Labute approximate surface area is 173 Å². The fourth-order valence-electron chi connectivity index (χ4n) is 3.48. The second-order valence-electron chi connectivity index (χ2n) is 7.25. The maximum Gasteiger partial charge on any atom is 0.261 e. The first kappa shape index (κ1) is 19.8. The molecule has 4 aromatic rings. The van der Waals surface area contributed by atoms with Crippen LogP contribution in [0.3, 0.4) is 0 Å². The van der Waals surface area contributed by atoms with Gasteiger partial charge in [-0.15, -0.1) is 10.2 Å². The van der Waals surface area contributed by atoms with Gasteiger partial charge in [0.25, 0.3) is 5.56 Å². The molecule has 0 saturated carbocycles. The molecule has 3 heterocycles. The summed E-state index contributed by atoms with van der Waals surface area (Å²) in [4.78, 5) is 28.8. The van der Waals surface area contributed by atoms with Crippen LogP contribution in [0, 0.1) is 0 Å². The molecular formula is C22H24N6O2. The number of para-hydroxylation sites is 1. The Morgan fingerprint density at radius 1 is 0.967 bits per heavy atom. The SMILES string of the molecule is O=C(Cn1cnc2ccccc2c1=O)NCCCCCCc1nnc2ccccn12. The number of nitrogens with zero attached hydrogens (tertiary/aromatic N) is 5. The van der Waals surface area contributed by atoms with Gasteiger partial charge in [0.2, 0.25) is 5.91 Å². The number of fused-ring (bicyclic) bond motifs is 2. The van der Waals surface area contributed by atoms with E-state index in [4.69, 9.17) is 0 Å². The maximum absolute atomic E-state index is 12.4. The van der Waals surface area contributed by atoms with Crippen molar-refractivity contribution < 1.29 is 4.79 Å². The van der Waals surface area contributed by atoms with Crippen molar-refractivity contribution in [1.82, 2.24) is 29.5 Å². The lowest BCUT2D eigenvalue weighted by Gasteiger charge is -2.08. The molecule has 0 aliphatic rings. The topological polar surface area (TPSA) is 94.2 Å². The molecule has 0 saturated heterocycles. The first-order chi connectivity index (χ1) is 14.7. The minimum Gasteiger partial charge on any atom is -0.355 e. The van der Waals surface area contributed by atoms with Crippen molar-refractivity contribution in [3.63, 3.8) is 0 Å². The molecule has 1 aromatic carbocycles. The lowest BCUT2D eigenvalue weighted by Crippen LogP contribution is -2.33. The number of hydrogen-bond acceptors (Lipinski definition) is 5. The zero-order valence-electron chi connectivity index (χ0n) is 16.7. The molecular weight excluding hydrogens is 380 g/mol. The van der Waals surface area contributed by atoms with Crippen molar-refractivity contribution in [2.24, 2.45) is 0 Å². The summed E-state index contributed by atoms with van der Waals surface area (Å²) in [6.07, 6.45) is 8.31. The van der Waals surface area contributed by atoms with E-state index < -0.39 is 0 Å². The minimum atomic E-state index is -0.197. The molecule has 154 valence electrons. The van der Waals surface area contributed by atoms with Gasteiger partial charge < -0.3 is 5.32 Å². The van der Waals surface area contributed by atoms with Crippen LogP contribution in [0.2, 0.25) is 0 Å². The van der Waals surface area contributed by atoms with Crippen molar-refractivity contribution >= 4 is 22.5 Å². The molecule has 0 aliphatic heterocycles. The standard InChI is InChI=1S/C22H24N6O2/c29-21(15-27-16-24-18-10-5-4-9-17(18)22(27)30)23-13-7-2-1-3-11-19-25-26-20-12-6-8-14-28(19)20/h4-6,8-10,12,14,16H,1-3,7,11,13,15H2,(H,23,29). The summed E-state index contributed by atoms with van der Waals surface area (Å²) >= 11 is 0. The Bertz CT molecular complexity index is 1210. The van der Waals surface area contributed by atoms with Crippen LogP contribution in [-0.2, 0) is 17.8 Å². The third-order valence-corrected chi connectivity index (χ3v) is 5.08. The van der Waals surface area contributed by atoms with Gasteiger partial charge in [-0.25, -0.2) is 4.98 Å². The molecule has 0 fully saturated rings. The van der Waals surface area contributed by atoms with Gasteiger partial charge in [-0.05, 0) is 37.1 Å². The van der Waals surface area contributed by atoms with Crippen LogP contribution in [0.15, 0.2) is 59.8 Å². The summed E-state index contributed by atoms with van der Waals surface area (Å²) in [5.41, 5.74) is 1.31. The molecule has 4 rings (SSSR count). The molecule has 0 bridgehead atoms. The maximum atomic E-state index is 12.4. The number of pyridine rings is 1. The highest BCUT2D eigenvalue weighted by molar-refractivity contribution is 5.78. The lowest BCUT2D eigenvalue weighted by atomic mass is 10.1. The predicted molar refractivity (Wildman–Crippen MR) is 114 cm³/mol. The van der Waals surface area contributed by atoms with Crippen LogP contribution in [0.5, 0.6) is 0 Å². The van der Waals surface area contributed by atoms with Crippen molar-refractivity contribution in [1.29, 1.82) is 0 Å². The zero-order valence-corrected chi connectivity index (χ0v) is 16.7. The first-order valence-corrected chi connectivity index (χ1v) is 10.2. The average Bonchev–Trinajstić information content (AvgIpc) is 3.18.